The van der Waals surface area contributed by atoms with Gasteiger partial charge >= 0.3 is 204 Å². The van der Waals surface area contributed by atoms with Crippen LogP contribution in [0.4, 0.5) is 0 Å². The first kappa shape index (κ1) is 31.7. The predicted molar refractivity (Wildman–Crippen MR) is 142 cm³/mol. The first-order valence-corrected chi connectivity index (χ1v) is 20.8. The van der Waals surface area contributed by atoms with Crippen molar-refractivity contribution in [2.75, 3.05) is 13.2 Å². The van der Waals surface area contributed by atoms with Crippen molar-refractivity contribution in [2.24, 2.45) is 11.8 Å². The average Bonchev–Trinajstić information content (AvgIpc) is 2.79. The Bertz CT molecular complexity index is 319. The topological polar surface area (TPSA) is 18.5 Å². The summed E-state index contributed by atoms with van der Waals surface area (Å²) < 4.78 is 16.5. The number of hydrogen-bond donors (Lipinski definition) is 0. The van der Waals surface area contributed by atoms with Crippen molar-refractivity contribution in [3.63, 3.8) is 0 Å². The average molecular weight is 547 g/mol. The number of unbranched alkanes of at least 4 members (excludes halogenated alkanes) is 10. The quantitative estimate of drug-likeness (QED) is 0.0884. The molecule has 0 saturated heterocycles. The van der Waals surface area contributed by atoms with Gasteiger partial charge in [-0.25, -0.2) is 0 Å². The van der Waals surface area contributed by atoms with Gasteiger partial charge in [0, 0.05) is 0 Å². The Morgan fingerprint density at radius 2 is 0.774 bits per heavy atom. The standard InChI is InChI=1S/2C8H17.2C6H13O.Sn/c2*1-3-5-7-8-6-4-2;2*1-3-6(4-2)5-7;/h2*1,3-8H2,2H3;2*6H,3-5H2,1-2H3;/q;;2*-1;+2. The van der Waals surface area contributed by atoms with E-state index in [-0.39, 0.29) is 0 Å². The van der Waals surface area contributed by atoms with Crippen molar-refractivity contribution in [1.82, 2.24) is 0 Å². The fraction of sp³-hybridized carbons (Fsp3) is 1.00. The molecular formula is C28H60O2Sn. The van der Waals surface area contributed by atoms with Gasteiger partial charge in [0.25, 0.3) is 0 Å². The van der Waals surface area contributed by atoms with Gasteiger partial charge in [0.2, 0.25) is 0 Å². The second-order valence-corrected chi connectivity index (χ2v) is 19.6. The van der Waals surface area contributed by atoms with Crippen LogP contribution in [0.25, 0.3) is 0 Å². The zero-order valence-corrected chi connectivity index (χ0v) is 25.5. The molecule has 0 amide bonds. The van der Waals surface area contributed by atoms with Crippen LogP contribution < -0.4 is 0 Å². The maximum absolute atomic E-state index is 6.96. The Kier molecular flexibility index (Phi) is 23.0. The van der Waals surface area contributed by atoms with E-state index in [0.717, 1.165) is 13.2 Å². The van der Waals surface area contributed by atoms with Crippen molar-refractivity contribution in [1.29, 1.82) is 0 Å². The summed E-state index contributed by atoms with van der Waals surface area (Å²) in [6, 6.07) is 0. The van der Waals surface area contributed by atoms with E-state index in [1.165, 1.54) is 112 Å². The molecule has 0 saturated carbocycles. The Morgan fingerprint density at radius 3 is 1.10 bits per heavy atom. The Hall–Kier alpha value is 0.719. The van der Waals surface area contributed by atoms with Crippen LogP contribution in [0, 0.1) is 11.8 Å². The van der Waals surface area contributed by atoms with Crippen molar-refractivity contribution >= 4 is 19.2 Å². The monoisotopic (exact) mass is 548 g/mol. The van der Waals surface area contributed by atoms with Gasteiger partial charge in [0.15, 0.2) is 0 Å². The zero-order valence-electron chi connectivity index (χ0n) is 22.6. The molecule has 0 atom stereocenters. The van der Waals surface area contributed by atoms with Crippen LogP contribution in [0.1, 0.15) is 144 Å². The van der Waals surface area contributed by atoms with E-state index in [4.69, 9.17) is 6.15 Å². The molecule has 0 radical (unpaired) electrons. The van der Waals surface area contributed by atoms with Gasteiger partial charge in [-0.3, -0.25) is 0 Å². The first-order chi connectivity index (χ1) is 15.1. The van der Waals surface area contributed by atoms with Crippen LogP contribution in [0.3, 0.4) is 0 Å². The molecule has 0 N–H and O–H groups in total. The molecule has 0 bridgehead atoms. The fourth-order valence-electron chi connectivity index (χ4n) is 4.39. The van der Waals surface area contributed by atoms with Crippen LogP contribution >= 0.6 is 0 Å². The van der Waals surface area contributed by atoms with Crippen LogP contribution in [-0.2, 0) is 6.15 Å². The van der Waals surface area contributed by atoms with E-state index in [2.05, 4.69) is 41.5 Å². The van der Waals surface area contributed by atoms with Crippen LogP contribution in [-0.4, -0.2) is 32.4 Å². The first-order valence-electron chi connectivity index (χ1n) is 14.4. The minimum absolute atomic E-state index is 0.710. The molecule has 31 heavy (non-hydrogen) atoms. The van der Waals surface area contributed by atoms with Crippen molar-refractivity contribution < 1.29 is 6.15 Å². The van der Waals surface area contributed by atoms with E-state index >= 15 is 0 Å². The van der Waals surface area contributed by atoms with Gasteiger partial charge in [-0.05, 0) is 0 Å². The summed E-state index contributed by atoms with van der Waals surface area (Å²) in [6.07, 6.45) is 21.4. The van der Waals surface area contributed by atoms with E-state index < -0.39 is 19.2 Å². The molecule has 188 valence electrons. The molecule has 0 heterocycles. The summed E-state index contributed by atoms with van der Waals surface area (Å²) in [5.74, 6) is 1.42. The van der Waals surface area contributed by atoms with Crippen LogP contribution in [0.5, 0.6) is 0 Å². The molecule has 0 aliphatic heterocycles. The Morgan fingerprint density at radius 1 is 0.452 bits per heavy atom. The van der Waals surface area contributed by atoms with E-state index in [1.54, 1.807) is 0 Å². The molecule has 0 aliphatic rings. The molecule has 0 fully saturated rings. The van der Waals surface area contributed by atoms with Crippen LogP contribution in [0.15, 0.2) is 0 Å². The molecule has 0 spiro atoms. The molecule has 0 aromatic carbocycles. The summed E-state index contributed by atoms with van der Waals surface area (Å²) in [7, 11) is 0. The Labute approximate surface area is 203 Å². The molecular weight excluding hydrogens is 487 g/mol. The third-order valence-electron chi connectivity index (χ3n) is 7.30. The summed E-state index contributed by atoms with van der Waals surface area (Å²) in [4.78, 5) is 0. The molecule has 0 aliphatic carbocycles. The van der Waals surface area contributed by atoms with Gasteiger partial charge in [-0.1, -0.05) is 0 Å². The van der Waals surface area contributed by atoms with Crippen molar-refractivity contribution in [3.8, 4) is 0 Å². The number of hydrogen-bond acceptors (Lipinski definition) is 2. The van der Waals surface area contributed by atoms with Crippen LogP contribution in [0.2, 0.25) is 8.87 Å². The second kappa shape index (κ2) is 22.5. The van der Waals surface area contributed by atoms with Gasteiger partial charge in [-0.15, -0.1) is 0 Å². The predicted octanol–water partition coefficient (Wildman–Crippen LogP) is 10.1. The molecule has 0 unspecified atom stereocenters. The molecule has 0 rings (SSSR count). The minimum atomic E-state index is -3.03. The second-order valence-electron chi connectivity index (χ2n) is 9.93. The summed E-state index contributed by atoms with van der Waals surface area (Å²) >= 11 is -3.03. The zero-order chi connectivity index (χ0) is 23.2. The maximum atomic E-state index is 6.96. The van der Waals surface area contributed by atoms with Crippen molar-refractivity contribution in [2.45, 2.75) is 153 Å². The molecule has 2 nitrogen and oxygen atoms in total. The summed E-state index contributed by atoms with van der Waals surface area (Å²) in [5, 5.41) is 0. The van der Waals surface area contributed by atoms with E-state index in [1.807, 2.05) is 0 Å². The third-order valence-corrected chi connectivity index (χ3v) is 17.6. The van der Waals surface area contributed by atoms with Gasteiger partial charge in [-0.2, -0.15) is 0 Å². The molecule has 0 aromatic heterocycles. The van der Waals surface area contributed by atoms with Gasteiger partial charge < -0.3 is 0 Å². The molecule has 3 heteroatoms. The van der Waals surface area contributed by atoms with Gasteiger partial charge in [0.05, 0.1) is 0 Å². The normalized spacial score (nSPS) is 12.4. The Balaban J connectivity index is 5.02. The number of rotatable bonds is 24. The molecule has 0 aromatic rings. The fourth-order valence-corrected chi connectivity index (χ4v) is 14.6. The van der Waals surface area contributed by atoms with E-state index in [9.17, 15) is 0 Å². The summed E-state index contributed by atoms with van der Waals surface area (Å²) in [6.45, 7) is 15.8. The van der Waals surface area contributed by atoms with Gasteiger partial charge in [0.1, 0.15) is 0 Å². The summed E-state index contributed by atoms with van der Waals surface area (Å²) in [5.41, 5.74) is 0. The third kappa shape index (κ3) is 16.9. The van der Waals surface area contributed by atoms with Crippen molar-refractivity contribution in [3.05, 3.63) is 0 Å². The SMILES string of the molecule is CCCCCCC[CH2][Sn]([CH2]CCCCCCC)([O]CC(CC)CC)[O]CC(CC)CC. The van der Waals surface area contributed by atoms with E-state index in [0.29, 0.717) is 11.8 Å².